The Kier molecular flexibility index (Phi) is 9.50. The monoisotopic (exact) mass is 321 g/mol. The van der Waals surface area contributed by atoms with Gasteiger partial charge in [-0.3, -0.25) is 9.78 Å². The molecule has 2 heterocycles. The van der Waals surface area contributed by atoms with Gasteiger partial charge in [0.1, 0.15) is 0 Å². The van der Waals surface area contributed by atoms with E-state index in [0.717, 1.165) is 6.42 Å². The van der Waals surface area contributed by atoms with Gasteiger partial charge in [-0.05, 0) is 24.1 Å². The average Bonchev–Trinajstić information content (AvgIpc) is 2.78. The van der Waals surface area contributed by atoms with Crippen LogP contribution >= 0.6 is 24.8 Å². The van der Waals surface area contributed by atoms with Crippen LogP contribution in [-0.4, -0.2) is 36.7 Å². The molecule has 2 rings (SSSR count). The summed E-state index contributed by atoms with van der Waals surface area (Å²) in [7, 11) is 0. The smallest absolute Gasteiger partial charge is 0.221 e. The Morgan fingerprint density at radius 2 is 2.05 bits per heavy atom. The van der Waals surface area contributed by atoms with E-state index in [4.69, 9.17) is 10.5 Å². The lowest BCUT2D eigenvalue weighted by atomic mass is 9.95. The minimum absolute atomic E-state index is 0. The van der Waals surface area contributed by atoms with Gasteiger partial charge in [-0.1, -0.05) is 0 Å². The van der Waals surface area contributed by atoms with E-state index in [1.54, 1.807) is 12.4 Å². The number of hydrogen-bond donors (Lipinski definition) is 2. The number of ether oxygens (including phenoxy) is 1. The van der Waals surface area contributed by atoms with Crippen LogP contribution in [0.4, 0.5) is 0 Å². The summed E-state index contributed by atoms with van der Waals surface area (Å²) in [5.74, 6) is 0.335. The van der Waals surface area contributed by atoms with Gasteiger partial charge in [-0.2, -0.15) is 0 Å². The Hall–Kier alpha value is -0.880. The highest BCUT2D eigenvalue weighted by Gasteiger charge is 2.29. The van der Waals surface area contributed by atoms with Gasteiger partial charge in [0.25, 0.3) is 0 Å². The summed E-state index contributed by atoms with van der Waals surface area (Å²) in [6, 6.07) is 4.09. The third-order valence-corrected chi connectivity index (χ3v) is 3.16. The normalized spacial score (nSPS) is 20.6. The van der Waals surface area contributed by atoms with Gasteiger partial charge >= 0.3 is 0 Å². The van der Waals surface area contributed by atoms with Crippen molar-refractivity contribution in [3.63, 3.8) is 0 Å². The number of carbonyl (C=O) groups is 1. The van der Waals surface area contributed by atoms with Crippen molar-refractivity contribution in [2.45, 2.75) is 18.9 Å². The van der Waals surface area contributed by atoms with Crippen molar-refractivity contribution in [1.29, 1.82) is 0 Å². The molecule has 1 aliphatic rings. The first-order valence-corrected chi connectivity index (χ1v) is 6.25. The Morgan fingerprint density at radius 1 is 1.35 bits per heavy atom. The maximum atomic E-state index is 11.5. The Morgan fingerprint density at radius 3 is 2.70 bits per heavy atom. The summed E-state index contributed by atoms with van der Waals surface area (Å²) in [6.07, 6.45) is 4.84. The Labute approximate surface area is 131 Å². The van der Waals surface area contributed by atoms with Gasteiger partial charge in [0.2, 0.25) is 5.91 Å². The predicted octanol–water partition coefficient (Wildman–Crippen LogP) is 0.948. The largest absolute Gasteiger partial charge is 0.379 e. The van der Waals surface area contributed by atoms with Crippen LogP contribution in [0.15, 0.2) is 24.5 Å². The number of nitrogens with two attached hydrogens (primary N) is 1. The first kappa shape index (κ1) is 19.1. The van der Waals surface area contributed by atoms with E-state index in [0.29, 0.717) is 32.1 Å². The van der Waals surface area contributed by atoms with Gasteiger partial charge in [0.05, 0.1) is 19.3 Å². The van der Waals surface area contributed by atoms with E-state index in [2.05, 4.69) is 10.3 Å². The molecule has 1 saturated heterocycles. The average molecular weight is 322 g/mol. The first-order valence-electron chi connectivity index (χ1n) is 6.25. The Balaban J connectivity index is 0.00000180. The van der Waals surface area contributed by atoms with Gasteiger partial charge in [-0.15, -0.1) is 24.8 Å². The molecule has 0 bridgehead atoms. The number of pyridine rings is 1. The molecule has 3 N–H and O–H groups in total. The van der Waals surface area contributed by atoms with Crippen molar-refractivity contribution in [2.24, 2.45) is 11.7 Å². The van der Waals surface area contributed by atoms with Gasteiger partial charge in [0, 0.05) is 31.3 Å². The number of rotatable bonds is 5. The van der Waals surface area contributed by atoms with Crippen LogP contribution in [0.5, 0.6) is 0 Å². The molecule has 114 valence electrons. The zero-order valence-electron chi connectivity index (χ0n) is 11.2. The zero-order chi connectivity index (χ0) is 12.8. The molecule has 5 nitrogen and oxygen atoms in total. The van der Waals surface area contributed by atoms with Crippen LogP contribution in [0.1, 0.15) is 12.0 Å². The van der Waals surface area contributed by atoms with Crippen molar-refractivity contribution in [1.82, 2.24) is 10.3 Å². The SMILES string of the molecule is Cl.Cl.NCCC(=O)N[C@@H]1COC[C@H]1Cc1ccncc1. The number of nitrogens with one attached hydrogen (secondary N) is 1. The van der Waals surface area contributed by atoms with Crippen LogP contribution in [0.3, 0.4) is 0 Å². The minimum atomic E-state index is 0. The second-order valence-corrected chi connectivity index (χ2v) is 4.57. The first-order chi connectivity index (χ1) is 8.79. The summed E-state index contributed by atoms with van der Waals surface area (Å²) in [5.41, 5.74) is 6.58. The van der Waals surface area contributed by atoms with Gasteiger partial charge in [-0.25, -0.2) is 0 Å². The molecule has 1 aromatic rings. The number of amides is 1. The minimum Gasteiger partial charge on any atom is -0.379 e. The lowest BCUT2D eigenvalue weighted by molar-refractivity contribution is -0.121. The molecule has 1 fully saturated rings. The van der Waals surface area contributed by atoms with Gasteiger partial charge in [0.15, 0.2) is 0 Å². The summed E-state index contributed by atoms with van der Waals surface area (Å²) >= 11 is 0. The van der Waals surface area contributed by atoms with E-state index in [1.165, 1.54) is 5.56 Å². The standard InChI is InChI=1S/C13H19N3O2.2ClH/c14-4-1-13(17)16-12-9-18-8-11(12)7-10-2-5-15-6-3-10;;/h2-3,5-6,11-12H,1,4,7-9,14H2,(H,16,17);2*1H/t11-,12-;;/m1../s1. The number of halogens is 2. The highest BCUT2D eigenvalue weighted by Crippen LogP contribution is 2.18. The maximum Gasteiger partial charge on any atom is 0.221 e. The van der Waals surface area contributed by atoms with Crippen LogP contribution in [0.25, 0.3) is 0 Å². The summed E-state index contributed by atoms with van der Waals surface area (Å²) in [6.45, 7) is 1.66. The van der Waals surface area contributed by atoms with Crippen LogP contribution in [0.2, 0.25) is 0 Å². The second kappa shape index (κ2) is 9.94. The predicted molar refractivity (Wildman–Crippen MR) is 82.3 cm³/mol. The lowest BCUT2D eigenvalue weighted by Crippen LogP contribution is -2.41. The fourth-order valence-electron chi connectivity index (χ4n) is 2.19. The quantitative estimate of drug-likeness (QED) is 0.846. The number of carbonyl (C=O) groups excluding carboxylic acids is 1. The van der Waals surface area contributed by atoms with E-state index in [-0.39, 0.29) is 36.8 Å². The molecule has 1 amide bonds. The zero-order valence-corrected chi connectivity index (χ0v) is 12.8. The Bertz CT molecular complexity index is 392. The van der Waals surface area contributed by atoms with Crippen molar-refractivity contribution in [3.8, 4) is 0 Å². The maximum absolute atomic E-state index is 11.5. The summed E-state index contributed by atoms with van der Waals surface area (Å²) < 4.78 is 5.46. The molecule has 0 saturated carbocycles. The topological polar surface area (TPSA) is 77.2 Å². The molecule has 0 spiro atoms. The summed E-state index contributed by atoms with van der Waals surface area (Å²) in [5, 5.41) is 2.99. The molecule has 1 aromatic heterocycles. The molecule has 0 aromatic carbocycles. The van der Waals surface area contributed by atoms with Crippen LogP contribution in [0, 0.1) is 5.92 Å². The molecular weight excluding hydrogens is 301 g/mol. The molecule has 20 heavy (non-hydrogen) atoms. The van der Waals surface area contributed by atoms with E-state index >= 15 is 0 Å². The molecule has 0 aliphatic carbocycles. The number of nitrogens with zero attached hydrogens (tertiary/aromatic N) is 1. The molecule has 1 aliphatic heterocycles. The highest BCUT2D eigenvalue weighted by molar-refractivity contribution is 5.85. The fraction of sp³-hybridized carbons (Fsp3) is 0.538. The molecule has 0 unspecified atom stereocenters. The molecule has 0 radical (unpaired) electrons. The van der Waals surface area contributed by atoms with Crippen molar-refractivity contribution < 1.29 is 9.53 Å². The lowest BCUT2D eigenvalue weighted by Gasteiger charge is -2.19. The number of aromatic nitrogens is 1. The van der Waals surface area contributed by atoms with Crippen molar-refractivity contribution in [3.05, 3.63) is 30.1 Å². The van der Waals surface area contributed by atoms with Crippen molar-refractivity contribution >= 4 is 30.7 Å². The van der Waals surface area contributed by atoms with E-state index in [1.807, 2.05) is 12.1 Å². The third kappa shape index (κ3) is 5.63. The van der Waals surface area contributed by atoms with Crippen molar-refractivity contribution in [2.75, 3.05) is 19.8 Å². The summed E-state index contributed by atoms with van der Waals surface area (Å²) in [4.78, 5) is 15.5. The molecule has 2 atom stereocenters. The third-order valence-electron chi connectivity index (χ3n) is 3.16. The van der Waals surface area contributed by atoms with Crippen LogP contribution < -0.4 is 11.1 Å². The number of hydrogen-bond acceptors (Lipinski definition) is 4. The van der Waals surface area contributed by atoms with Crippen LogP contribution in [-0.2, 0) is 16.0 Å². The highest BCUT2D eigenvalue weighted by atomic mass is 35.5. The van der Waals surface area contributed by atoms with E-state index < -0.39 is 0 Å². The molecule has 7 heteroatoms. The van der Waals surface area contributed by atoms with Gasteiger partial charge < -0.3 is 15.8 Å². The molecular formula is C13H21Cl2N3O2. The fourth-order valence-corrected chi connectivity index (χ4v) is 2.19. The van der Waals surface area contributed by atoms with E-state index in [9.17, 15) is 4.79 Å². The second-order valence-electron chi connectivity index (χ2n) is 4.57.